The number of nitrogens with zero attached hydrogens (tertiary/aromatic N) is 1. The van der Waals surface area contributed by atoms with Crippen LogP contribution in [0.4, 0.5) is 4.39 Å². The topological polar surface area (TPSA) is 3.88 Å². The molecule has 0 saturated heterocycles. The third-order valence-electron chi connectivity index (χ3n) is 7.03. The highest BCUT2D eigenvalue weighted by molar-refractivity contribution is 8.00. The molecule has 2 heterocycles. The van der Waals surface area contributed by atoms with Crippen molar-refractivity contribution in [1.82, 2.24) is 0 Å². The molecular formula is C30H27FNS+. The molecule has 0 N–H and O–H groups in total. The van der Waals surface area contributed by atoms with Crippen LogP contribution in [0.5, 0.6) is 0 Å². The summed E-state index contributed by atoms with van der Waals surface area (Å²) in [6.45, 7) is 9.02. The van der Waals surface area contributed by atoms with Crippen molar-refractivity contribution in [3.63, 3.8) is 0 Å². The highest BCUT2D eigenvalue weighted by Crippen LogP contribution is 2.53. The molecule has 4 aromatic carbocycles. The van der Waals surface area contributed by atoms with E-state index in [9.17, 15) is 4.39 Å². The first-order valence-electron chi connectivity index (χ1n) is 11.6. The molecule has 0 unspecified atom stereocenters. The summed E-state index contributed by atoms with van der Waals surface area (Å²) in [6, 6.07) is 16.5. The summed E-state index contributed by atoms with van der Waals surface area (Å²) in [6.07, 6.45) is 3.15. The Morgan fingerprint density at radius 1 is 0.909 bits per heavy atom. The number of pyridine rings is 1. The summed E-state index contributed by atoms with van der Waals surface area (Å²) in [5.74, 6) is 0.390. The molecule has 6 rings (SSSR count). The largest absolute Gasteiger partial charge is 0.222 e. The molecule has 0 amide bonds. The van der Waals surface area contributed by atoms with E-state index in [0.29, 0.717) is 11.3 Å². The fourth-order valence-corrected chi connectivity index (χ4v) is 6.93. The molecule has 0 saturated carbocycles. The van der Waals surface area contributed by atoms with E-state index in [-0.39, 0.29) is 5.82 Å². The van der Waals surface area contributed by atoms with Gasteiger partial charge in [0.1, 0.15) is 12.9 Å². The second kappa shape index (κ2) is 7.30. The maximum absolute atomic E-state index is 14.9. The second-order valence-corrected chi connectivity index (χ2v) is 10.9. The Labute approximate surface area is 198 Å². The lowest BCUT2D eigenvalue weighted by Gasteiger charge is -2.26. The first-order valence-corrected chi connectivity index (χ1v) is 12.4. The third-order valence-corrected chi connectivity index (χ3v) is 8.23. The standard InChI is InChI=1S/C30H27FNS/c1-16(2)13-24-20-10-9-17(3)14-22(20)18(4)27-29-28-21(11-12-32(29)5)19-7-6-8-25(31)23(19)15-26(28)33-30(24)27/h6-12,14-16H,13H2,1-5H3/q+1. The van der Waals surface area contributed by atoms with Crippen molar-refractivity contribution in [3.8, 4) is 11.3 Å². The lowest BCUT2D eigenvalue weighted by molar-refractivity contribution is -0.659. The molecule has 1 nitrogen and oxygen atoms in total. The predicted octanol–water partition coefficient (Wildman–Crippen LogP) is 8.06. The highest BCUT2D eigenvalue weighted by atomic mass is 32.2. The summed E-state index contributed by atoms with van der Waals surface area (Å²) in [5.41, 5.74) is 6.62. The smallest absolute Gasteiger partial charge is 0.206 e. The fraction of sp³-hybridized carbons (Fsp3) is 0.233. The first kappa shape index (κ1) is 20.7. The molecule has 0 radical (unpaired) electrons. The zero-order valence-electron chi connectivity index (χ0n) is 19.7. The maximum atomic E-state index is 14.9. The minimum absolute atomic E-state index is 0.153. The lowest BCUT2D eigenvalue weighted by Crippen LogP contribution is -2.32. The number of rotatable bonds is 2. The van der Waals surface area contributed by atoms with Crippen LogP contribution in [-0.2, 0) is 13.5 Å². The van der Waals surface area contributed by atoms with Gasteiger partial charge in [0.15, 0.2) is 6.20 Å². The number of benzene rings is 4. The van der Waals surface area contributed by atoms with Crippen LogP contribution >= 0.6 is 11.8 Å². The van der Waals surface area contributed by atoms with Gasteiger partial charge in [0.05, 0.1) is 10.9 Å². The number of fused-ring (bicyclic) bond motifs is 5. The number of aryl methyl sites for hydroxylation is 3. The van der Waals surface area contributed by atoms with Crippen LogP contribution in [-0.4, -0.2) is 0 Å². The van der Waals surface area contributed by atoms with Crippen molar-refractivity contribution in [2.75, 3.05) is 0 Å². The van der Waals surface area contributed by atoms with Crippen molar-refractivity contribution in [2.45, 2.75) is 43.9 Å². The average molecular weight is 453 g/mol. The maximum Gasteiger partial charge on any atom is 0.222 e. The van der Waals surface area contributed by atoms with Gasteiger partial charge >= 0.3 is 0 Å². The summed E-state index contributed by atoms with van der Waals surface area (Å²) in [7, 11) is 2.14. The predicted molar refractivity (Wildman–Crippen MR) is 138 cm³/mol. The zero-order valence-corrected chi connectivity index (χ0v) is 20.5. The molecule has 33 heavy (non-hydrogen) atoms. The van der Waals surface area contributed by atoms with Gasteiger partial charge in [0.2, 0.25) is 5.69 Å². The van der Waals surface area contributed by atoms with Gasteiger partial charge in [-0.1, -0.05) is 61.5 Å². The Balaban J connectivity index is 1.84. The molecule has 1 aromatic heterocycles. The van der Waals surface area contributed by atoms with Gasteiger partial charge in [0.25, 0.3) is 0 Å². The number of hydrogen-bond donors (Lipinski definition) is 0. The minimum Gasteiger partial charge on any atom is -0.206 e. The molecule has 0 fully saturated rings. The monoisotopic (exact) mass is 452 g/mol. The van der Waals surface area contributed by atoms with E-state index < -0.39 is 0 Å². The fourth-order valence-electron chi connectivity index (χ4n) is 5.55. The van der Waals surface area contributed by atoms with E-state index >= 15 is 0 Å². The van der Waals surface area contributed by atoms with Gasteiger partial charge < -0.3 is 0 Å². The van der Waals surface area contributed by atoms with Crippen LogP contribution in [0.3, 0.4) is 0 Å². The Morgan fingerprint density at radius 3 is 2.52 bits per heavy atom. The molecule has 0 bridgehead atoms. The Bertz CT molecular complexity index is 1630. The van der Waals surface area contributed by atoms with Gasteiger partial charge in [-0.05, 0) is 65.6 Å². The Hall–Kier alpha value is -2.91. The van der Waals surface area contributed by atoms with Crippen molar-refractivity contribution in [1.29, 1.82) is 0 Å². The van der Waals surface area contributed by atoms with E-state index in [1.807, 2.05) is 23.9 Å². The summed E-state index contributed by atoms with van der Waals surface area (Å²) >= 11 is 1.83. The van der Waals surface area contributed by atoms with Gasteiger partial charge in [-0.2, -0.15) is 0 Å². The Kier molecular flexibility index (Phi) is 4.57. The van der Waals surface area contributed by atoms with Crippen molar-refractivity contribution < 1.29 is 8.96 Å². The molecule has 0 spiro atoms. The van der Waals surface area contributed by atoms with Gasteiger partial charge in [-0.15, -0.1) is 0 Å². The summed E-state index contributed by atoms with van der Waals surface area (Å²) in [5, 5.41) is 6.75. The van der Waals surface area contributed by atoms with Crippen molar-refractivity contribution in [3.05, 3.63) is 77.2 Å². The Morgan fingerprint density at radius 2 is 1.73 bits per heavy atom. The van der Waals surface area contributed by atoms with E-state index in [4.69, 9.17) is 0 Å². The number of hydrogen-bond acceptors (Lipinski definition) is 1. The van der Waals surface area contributed by atoms with Crippen LogP contribution in [0, 0.1) is 25.6 Å². The molecule has 5 aromatic rings. The van der Waals surface area contributed by atoms with Gasteiger partial charge in [0, 0.05) is 26.6 Å². The second-order valence-electron chi connectivity index (χ2n) is 9.83. The number of aromatic nitrogens is 1. The van der Waals surface area contributed by atoms with E-state index in [2.05, 4.69) is 75.8 Å². The molecule has 3 heteroatoms. The van der Waals surface area contributed by atoms with Crippen LogP contribution in [0.25, 0.3) is 43.6 Å². The van der Waals surface area contributed by atoms with E-state index in [1.165, 1.54) is 49.0 Å². The van der Waals surface area contributed by atoms with Crippen LogP contribution in [0.1, 0.15) is 30.5 Å². The number of halogens is 1. The average Bonchev–Trinajstić information content (AvgIpc) is 2.78. The lowest BCUT2D eigenvalue weighted by atomic mass is 9.87. The molecule has 164 valence electrons. The van der Waals surface area contributed by atoms with Gasteiger partial charge in [-0.25, -0.2) is 8.96 Å². The quantitative estimate of drug-likeness (QED) is 0.190. The van der Waals surface area contributed by atoms with Crippen LogP contribution < -0.4 is 4.57 Å². The molecular weight excluding hydrogens is 425 g/mol. The zero-order chi connectivity index (χ0) is 23.0. The minimum atomic E-state index is -0.153. The SMILES string of the molecule is Cc1ccc2c(CC(C)C)c3c(c(C)c2c1)-c1c2c(cc4c(F)cccc4c2cc[n+]1C)S3. The molecule has 0 atom stereocenters. The van der Waals surface area contributed by atoms with Crippen molar-refractivity contribution in [2.24, 2.45) is 13.0 Å². The van der Waals surface area contributed by atoms with E-state index in [1.54, 1.807) is 6.07 Å². The third kappa shape index (κ3) is 2.95. The van der Waals surface area contributed by atoms with Crippen molar-refractivity contribution >= 4 is 44.1 Å². The molecule has 1 aliphatic heterocycles. The van der Waals surface area contributed by atoms with Crippen LogP contribution in [0.15, 0.2) is 64.5 Å². The van der Waals surface area contributed by atoms with Crippen LogP contribution in [0.2, 0.25) is 0 Å². The van der Waals surface area contributed by atoms with E-state index in [0.717, 1.165) is 22.1 Å². The summed E-state index contributed by atoms with van der Waals surface area (Å²) < 4.78 is 17.1. The first-order chi connectivity index (χ1) is 15.8. The molecule has 1 aliphatic rings. The van der Waals surface area contributed by atoms with Gasteiger partial charge in [-0.3, -0.25) is 0 Å². The summed E-state index contributed by atoms with van der Waals surface area (Å²) in [4.78, 5) is 2.49. The normalized spacial score (nSPS) is 12.8. The highest BCUT2D eigenvalue weighted by Gasteiger charge is 2.32. The molecule has 0 aliphatic carbocycles.